The molecule has 5 nitrogen and oxygen atoms in total. The lowest BCUT2D eigenvalue weighted by Crippen LogP contribution is -2.13. The van der Waals surface area contributed by atoms with Crippen molar-refractivity contribution in [3.8, 4) is 17.5 Å². The summed E-state index contributed by atoms with van der Waals surface area (Å²) in [5.74, 6) is -0.420. The van der Waals surface area contributed by atoms with E-state index in [9.17, 15) is 15.2 Å². The quantitative estimate of drug-likeness (QED) is 0.373. The van der Waals surface area contributed by atoms with Crippen LogP contribution in [0.4, 0.5) is 5.69 Å². The number of amides is 1. The molecule has 0 radical (unpaired) electrons. The molecule has 1 amide bonds. The number of hydrogen-bond acceptors (Lipinski definition) is 3. The number of nitriles is 1. The zero-order chi connectivity index (χ0) is 20.3. The summed E-state index contributed by atoms with van der Waals surface area (Å²) >= 11 is 6.33. The summed E-state index contributed by atoms with van der Waals surface area (Å²) in [6.07, 6.45) is 1.56. The first kappa shape index (κ1) is 19.3. The average molecular weight is 392 g/mol. The molecule has 0 bridgehead atoms. The first-order valence-corrected chi connectivity index (χ1v) is 8.94. The number of nitrogens with zero attached hydrogens (tertiary/aromatic N) is 2. The van der Waals surface area contributed by atoms with E-state index in [4.69, 9.17) is 11.6 Å². The molecule has 0 aliphatic carbocycles. The number of anilines is 1. The van der Waals surface area contributed by atoms with Gasteiger partial charge in [0.25, 0.3) is 5.91 Å². The molecule has 3 rings (SSSR count). The minimum Gasteiger partial charge on any atom is -0.508 e. The van der Waals surface area contributed by atoms with Crippen LogP contribution >= 0.6 is 11.6 Å². The van der Waals surface area contributed by atoms with Gasteiger partial charge in [0.1, 0.15) is 17.4 Å². The van der Waals surface area contributed by atoms with Crippen LogP contribution in [0.2, 0.25) is 5.02 Å². The highest BCUT2D eigenvalue weighted by Crippen LogP contribution is 2.27. The number of aromatic nitrogens is 1. The van der Waals surface area contributed by atoms with Gasteiger partial charge in [0, 0.05) is 17.1 Å². The van der Waals surface area contributed by atoms with Crippen molar-refractivity contribution in [2.75, 3.05) is 5.32 Å². The molecule has 1 heterocycles. The Morgan fingerprint density at radius 3 is 2.50 bits per heavy atom. The number of carbonyl (C=O) groups is 1. The van der Waals surface area contributed by atoms with Crippen LogP contribution < -0.4 is 5.32 Å². The van der Waals surface area contributed by atoms with E-state index in [1.807, 2.05) is 54.8 Å². The Morgan fingerprint density at radius 1 is 1.18 bits per heavy atom. The maximum atomic E-state index is 12.5. The second-order valence-corrected chi connectivity index (χ2v) is 6.69. The van der Waals surface area contributed by atoms with Crippen molar-refractivity contribution in [3.05, 3.63) is 82.1 Å². The van der Waals surface area contributed by atoms with Gasteiger partial charge in [-0.15, -0.1) is 0 Å². The Labute approximate surface area is 168 Å². The summed E-state index contributed by atoms with van der Waals surface area (Å²) in [4.78, 5) is 12.5. The number of aromatic hydroxyl groups is 1. The first-order valence-electron chi connectivity index (χ1n) is 8.56. The number of phenols is 1. The summed E-state index contributed by atoms with van der Waals surface area (Å²) < 4.78 is 1.99. The Morgan fingerprint density at radius 2 is 1.86 bits per heavy atom. The van der Waals surface area contributed by atoms with Crippen LogP contribution in [-0.4, -0.2) is 15.6 Å². The molecular formula is C22H18ClN3O2. The van der Waals surface area contributed by atoms with Crippen molar-refractivity contribution in [3.63, 3.8) is 0 Å². The Bertz CT molecular complexity index is 1110. The third kappa shape index (κ3) is 3.93. The fourth-order valence-corrected chi connectivity index (χ4v) is 3.21. The van der Waals surface area contributed by atoms with Crippen molar-refractivity contribution >= 4 is 29.3 Å². The molecule has 0 atom stereocenters. The molecule has 0 saturated carbocycles. The number of rotatable bonds is 4. The van der Waals surface area contributed by atoms with Gasteiger partial charge in [-0.25, -0.2) is 0 Å². The Kier molecular flexibility index (Phi) is 5.53. The van der Waals surface area contributed by atoms with Crippen molar-refractivity contribution in [1.29, 1.82) is 5.26 Å². The lowest BCUT2D eigenvalue weighted by Gasteiger charge is -2.11. The van der Waals surface area contributed by atoms with Crippen molar-refractivity contribution < 1.29 is 9.90 Å². The van der Waals surface area contributed by atoms with E-state index >= 15 is 0 Å². The number of para-hydroxylation sites is 1. The first-order chi connectivity index (χ1) is 13.4. The van der Waals surface area contributed by atoms with E-state index in [-0.39, 0.29) is 11.3 Å². The fourth-order valence-electron chi connectivity index (χ4n) is 2.98. The monoisotopic (exact) mass is 391 g/mol. The normalized spacial score (nSPS) is 11.1. The van der Waals surface area contributed by atoms with Crippen LogP contribution in [0.3, 0.4) is 0 Å². The molecule has 6 heteroatoms. The Hall–Kier alpha value is -3.49. The Balaban J connectivity index is 1.94. The zero-order valence-corrected chi connectivity index (χ0v) is 16.2. The molecule has 0 aliphatic heterocycles. The van der Waals surface area contributed by atoms with Gasteiger partial charge in [-0.2, -0.15) is 5.26 Å². The lowest BCUT2D eigenvalue weighted by molar-refractivity contribution is -0.112. The molecule has 3 aromatic rings. The van der Waals surface area contributed by atoms with Gasteiger partial charge in [0.2, 0.25) is 0 Å². The molecule has 28 heavy (non-hydrogen) atoms. The molecule has 2 N–H and O–H groups in total. The summed E-state index contributed by atoms with van der Waals surface area (Å²) in [5.41, 5.74) is 3.88. The highest BCUT2D eigenvalue weighted by Gasteiger charge is 2.15. The van der Waals surface area contributed by atoms with Gasteiger partial charge in [-0.1, -0.05) is 23.7 Å². The largest absolute Gasteiger partial charge is 0.508 e. The van der Waals surface area contributed by atoms with E-state index in [2.05, 4.69) is 5.32 Å². The predicted molar refractivity (Wildman–Crippen MR) is 111 cm³/mol. The number of phenolic OH excluding ortho intramolecular Hbond substituents is 1. The van der Waals surface area contributed by atoms with E-state index < -0.39 is 5.91 Å². The second-order valence-electron chi connectivity index (χ2n) is 6.28. The van der Waals surface area contributed by atoms with Gasteiger partial charge < -0.3 is 15.0 Å². The second kappa shape index (κ2) is 8.03. The third-order valence-corrected chi connectivity index (χ3v) is 4.67. The molecule has 140 valence electrons. The number of carbonyl (C=O) groups excluding carboxylic acids is 1. The molecule has 2 aromatic carbocycles. The smallest absolute Gasteiger partial charge is 0.266 e. The van der Waals surface area contributed by atoms with Crippen LogP contribution in [0, 0.1) is 25.2 Å². The van der Waals surface area contributed by atoms with Crippen LogP contribution in [0.15, 0.2) is 60.2 Å². The standard InChI is InChI=1S/C22H18ClN3O2/c1-14-11-16(15(2)26(14)21-6-4-3-5-20(21)23)12-17(13-24)22(28)25-18-7-9-19(27)10-8-18/h3-12,27H,1-2H3,(H,25,28). The molecule has 0 fully saturated rings. The maximum Gasteiger partial charge on any atom is 0.266 e. The van der Waals surface area contributed by atoms with E-state index in [1.54, 1.807) is 18.2 Å². The fraction of sp³-hybridized carbons (Fsp3) is 0.0909. The lowest BCUT2D eigenvalue weighted by atomic mass is 10.1. The molecular weight excluding hydrogens is 374 g/mol. The molecule has 0 unspecified atom stereocenters. The van der Waals surface area contributed by atoms with Gasteiger partial charge in [-0.3, -0.25) is 4.79 Å². The van der Waals surface area contributed by atoms with E-state index in [0.29, 0.717) is 10.7 Å². The number of aryl methyl sites for hydroxylation is 1. The predicted octanol–water partition coefficient (Wildman–Crippen LogP) is 5.00. The minimum atomic E-state index is -0.518. The van der Waals surface area contributed by atoms with Crippen LogP contribution in [0.25, 0.3) is 11.8 Å². The highest BCUT2D eigenvalue weighted by molar-refractivity contribution is 6.32. The van der Waals surface area contributed by atoms with Crippen molar-refractivity contribution in [2.24, 2.45) is 0 Å². The van der Waals surface area contributed by atoms with Gasteiger partial charge in [0.05, 0.1) is 10.7 Å². The van der Waals surface area contributed by atoms with Crippen LogP contribution in [0.1, 0.15) is 17.0 Å². The maximum absolute atomic E-state index is 12.5. The zero-order valence-electron chi connectivity index (χ0n) is 15.4. The molecule has 0 saturated heterocycles. The average Bonchev–Trinajstić information content (AvgIpc) is 2.95. The van der Waals surface area contributed by atoms with Crippen LogP contribution in [0.5, 0.6) is 5.75 Å². The summed E-state index contributed by atoms with van der Waals surface area (Å²) in [5, 5.41) is 22.1. The molecule has 0 aliphatic rings. The summed E-state index contributed by atoms with van der Waals surface area (Å²) in [6.45, 7) is 3.85. The number of halogens is 1. The summed E-state index contributed by atoms with van der Waals surface area (Å²) in [6, 6.07) is 17.4. The minimum absolute atomic E-state index is 0.0208. The molecule has 0 spiro atoms. The van der Waals surface area contributed by atoms with Gasteiger partial charge in [0.15, 0.2) is 0 Å². The van der Waals surface area contributed by atoms with Gasteiger partial charge in [-0.05, 0) is 68.0 Å². The van der Waals surface area contributed by atoms with E-state index in [0.717, 1.165) is 22.6 Å². The molecule has 1 aromatic heterocycles. The van der Waals surface area contributed by atoms with E-state index in [1.165, 1.54) is 12.1 Å². The number of benzene rings is 2. The van der Waals surface area contributed by atoms with Crippen molar-refractivity contribution in [1.82, 2.24) is 4.57 Å². The van der Waals surface area contributed by atoms with Crippen molar-refractivity contribution in [2.45, 2.75) is 13.8 Å². The number of hydrogen-bond donors (Lipinski definition) is 2. The van der Waals surface area contributed by atoms with Crippen LogP contribution in [-0.2, 0) is 4.79 Å². The SMILES string of the molecule is Cc1cc(C=C(C#N)C(=O)Nc2ccc(O)cc2)c(C)n1-c1ccccc1Cl. The summed E-state index contributed by atoms with van der Waals surface area (Å²) in [7, 11) is 0. The van der Waals surface area contributed by atoms with Gasteiger partial charge >= 0.3 is 0 Å². The highest BCUT2D eigenvalue weighted by atomic mass is 35.5. The topological polar surface area (TPSA) is 78.1 Å². The number of nitrogens with one attached hydrogen (secondary N) is 1. The third-order valence-electron chi connectivity index (χ3n) is 4.35.